The quantitative estimate of drug-likeness (QED) is 0.752. The summed E-state index contributed by atoms with van der Waals surface area (Å²) in [7, 11) is 0. The monoisotopic (exact) mass is 316 g/mol. The summed E-state index contributed by atoms with van der Waals surface area (Å²) in [5.41, 5.74) is 2.41. The number of nitrogens with one attached hydrogen (secondary N) is 2. The van der Waals surface area contributed by atoms with E-state index in [0.29, 0.717) is 23.6 Å². The molecule has 2 aromatic carbocycles. The second-order valence-electron chi connectivity index (χ2n) is 5.02. The van der Waals surface area contributed by atoms with Crippen molar-refractivity contribution < 1.29 is 9.18 Å². The Morgan fingerprint density at radius 3 is 2.73 bits per heavy atom. The number of aromatic amines is 1. The summed E-state index contributed by atoms with van der Waals surface area (Å²) in [5, 5.41) is 4.25. The van der Waals surface area contributed by atoms with Gasteiger partial charge < -0.3 is 10.3 Å². The molecule has 3 aromatic rings. The molecule has 0 radical (unpaired) electrons. The van der Waals surface area contributed by atoms with Gasteiger partial charge in [-0.1, -0.05) is 23.7 Å². The van der Waals surface area contributed by atoms with Crippen LogP contribution in [0.3, 0.4) is 0 Å². The van der Waals surface area contributed by atoms with Crippen LogP contribution in [0.2, 0.25) is 5.02 Å². The zero-order chi connectivity index (χ0) is 15.5. The van der Waals surface area contributed by atoms with Gasteiger partial charge in [0.2, 0.25) is 0 Å². The molecule has 22 heavy (non-hydrogen) atoms. The van der Waals surface area contributed by atoms with Gasteiger partial charge in [0.05, 0.1) is 5.56 Å². The molecule has 5 heteroatoms. The average molecular weight is 317 g/mol. The van der Waals surface area contributed by atoms with Gasteiger partial charge in [-0.2, -0.15) is 0 Å². The Balaban J connectivity index is 1.66. The van der Waals surface area contributed by atoms with E-state index in [1.165, 1.54) is 12.1 Å². The molecular weight excluding hydrogens is 303 g/mol. The van der Waals surface area contributed by atoms with Crippen LogP contribution in [0.1, 0.15) is 15.9 Å². The summed E-state index contributed by atoms with van der Waals surface area (Å²) in [6.45, 7) is 0.484. The standard InChI is InChI=1S/C17H14ClFN2O/c18-12-3-6-16-14(9-12)15(10-21-16)17(22)20-8-7-11-1-4-13(19)5-2-11/h1-6,9-10,21H,7-8H2,(H,20,22). The number of aromatic nitrogens is 1. The number of fused-ring (bicyclic) bond motifs is 1. The van der Waals surface area contributed by atoms with E-state index in [9.17, 15) is 9.18 Å². The van der Waals surface area contributed by atoms with E-state index < -0.39 is 0 Å². The van der Waals surface area contributed by atoms with Crippen molar-refractivity contribution in [2.24, 2.45) is 0 Å². The third-order valence-electron chi connectivity index (χ3n) is 3.50. The van der Waals surface area contributed by atoms with Crippen molar-refractivity contribution in [3.8, 4) is 0 Å². The summed E-state index contributed by atoms with van der Waals surface area (Å²) in [6.07, 6.45) is 2.32. The van der Waals surface area contributed by atoms with Crippen LogP contribution >= 0.6 is 11.6 Å². The van der Waals surface area contributed by atoms with Crippen molar-refractivity contribution in [2.45, 2.75) is 6.42 Å². The average Bonchev–Trinajstić information content (AvgIpc) is 2.92. The number of H-pyrrole nitrogens is 1. The second kappa shape index (κ2) is 6.20. The molecule has 0 aliphatic carbocycles. The summed E-state index contributed by atoms with van der Waals surface area (Å²) in [5.74, 6) is -0.418. The van der Waals surface area contributed by atoms with Crippen molar-refractivity contribution in [1.29, 1.82) is 0 Å². The van der Waals surface area contributed by atoms with Gasteiger partial charge in [-0.05, 0) is 42.3 Å². The first-order chi connectivity index (χ1) is 10.6. The van der Waals surface area contributed by atoms with Gasteiger partial charge in [-0.3, -0.25) is 4.79 Å². The molecule has 0 saturated carbocycles. The largest absolute Gasteiger partial charge is 0.360 e. The van der Waals surface area contributed by atoms with Crippen molar-refractivity contribution >= 4 is 28.4 Å². The molecule has 0 saturated heterocycles. The SMILES string of the molecule is O=C(NCCc1ccc(F)cc1)c1c[nH]c2ccc(Cl)cc12. The lowest BCUT2D eigenvalue weighted by atomic mass is 10.1. The molecule has 3 rings (SSSR count). The molecule has 0 spiro atoms. The highest BCUT2D eigenvalue weighted by Gasteiger charge is 2.11. The van der Waals surface area contributed by atoms with Crippen molar-refractivity contribution in [3.05, 3.63) is 70.6 Å². The molecular formula is C17H14ClFN2O. The van der Waals surface area contributed by atoms with Crippen LogP contribution in [0.25, 0.3) is 10.9 Å². The van der Waals surface area contributed by atoms with Crippen LogP contribution in [0.4, 0.5) is 4.39 Å². The van der Waals surface area contributed by atoms with E-state index in [-0.39, 0.29) is 11.7 Å². The van der Waals surface area contributed by atoms with E-state index >= 15 is 0 Å². The fraction of sp³-hybridized carbons (Fsp3) is 0.118. The number of hydrogen-bond acceptors (Lipinski definition) is 1. The Morgan fingerprint density at radius 1 is 1.18 bits per heavy atom. The predicted octanol–water partition coefficient (Wildman–Crippen LogP) is 3.93. The van der Waals surface area contributed by atoms with Gasteiger partial charge in [-0.25, -0.2) is 4.39 Å². The zero-order valence-corrected chi connectivity index (χ0v) is 12.5. The minimum Gasteiger partial charge on any atom is -0.360 e. The molecule has 1 amide bonds. The molecule has 0 atom stereocenters. The second-order valence-corrected chi connectivity index (χ2v) is 5.46. The highest BCUT2D eigenvalue weighted by atomic mass is 35.5. The predicted molar refractivity (Wildman–Crippen MR) is 85.7 cm³/mol. The lowest BCUT2D eigenvalue weighted by molar-refractivity contribution is 0.0956. The normalized spacial score (nSPS) is 10.8. The van der Waals surface area contributed by atoms with E-state index in [2.05, 4.69) is 10.3 Å². The first-order valence-electron chi connectivity index (χ1n) is 6.93. The van der Waals surface area contributed by atoms with Crippen LogP contribution in [0.5, 0.6) is 0 Å². The minimum atomic E-state index is -0.261. The maximum absolute atomic E-state index is 12.8. The molecule has 1 aromatic heterocycles. The van der Waals surface area contributed by atoms with Crippen LogP contribution in [0.15, 0.2) is 48.7 Å². The van der Waals surface area contributed by atoms with E-state index in [1.807, 2.05) is 6.07 Å². The van der Waals surface area contributed by atoms with Crippen LogP contribution in [-0.4, -0.2) is 17.4 Å². The number of carbonyl (C=O) groups is 1. The highest BCUT2D eigenvalue weighted by Crippen LogP contribution is 2.22. The number of carbonyl (C=O) groups excluding carboxylic acids is 1. The van der Waals surface area contributed by atoms with Crippen LogP contribution in [-0.2, 0) is 6.42 Å². The van der Waals surface area contributed by atoms with Crippen molar-refractivity contribution in [3.63, 3.8) is 0 Å². The topological polar surface area (TPSA) is 44.9 Å². The highest BCUT2D eigenvalue weighted by molar-refractivity contribution is 6.31. The smallest absolute Gasteiger partial charge is 0.253 e. The number of rotatable bonds is 4. The lowest BCUT2D eigenvalue weighted by Gasteiger charge is -2.05. The summed E-state index contributed by atoms with van der Waals surface area (Å²) >= 11 is 5.97. The van der Waals surface area contributed by atoms with Gasteiger partial charge >= 0.3 is 0 Å². The summed E-state index contributed by atoms with van der Waals surface area (Å²) < 4.78 is 12.8. The Bertz CT molecular complexity index is 811. The number of benzene rings is 2. The number of hydrogen-bond donors (Lipinski definition) is 2. The zero-order valence-electron chi connectivity index (χ0n) is 11.7. The van der Waals surface area contributed by atoms with Crippen LogP contribution in [0, 0.1) is 5.82 Å². The Hall–Kier alpha value is -2.33. The number of amides is 1. The van der Waals surface area contributed by atoms with Crippen LogP contribution < -0.4 is 5.32 Å². The Labute approximate surface area is 132 Å². The maximum atomic E-state index is 12.8. The van der Waals surface area contributed by atoms with Crippen molar-refractivity contribution in [2.75, 3.05) is 6.54 Å². The molecule has 3 nitrogen and oxygen atoms in total. The fourth-order valence-corrected chi connectivity index (χ4v) is 2.52. The Kier molecular flexibility index (Phi) is 4.11. The van der Waals surface area contributed by atoms with Gasteiger partial charge in [0.25, 0.3) is 5.91 Å². The summed E-state index contributed by atoms with van der Waals surface area (Å²) in [6, 6.07) is 11.6. The van der Waals surface area contributed by atoms with Gasteiger partial charge in [0.1, 0.15) is 5.82 Å². The first kappa shape index (κ1) is 14.6. The fourth-order valence-electron chi connectivity index (χ4n) is 2.35. The van der Waals surface area contributed by atoms with E-state index in [0.717, 1.165) is 16.5 Å². The van der Waals surface area contributed by atoms with E-state index in [1.54, 1.807) is 30.5 Å². The molecule has 0 aliphatic heterocycles. The van der Waals surface area contributed by atoms with Crippen molar-refractivity contribution in [1.82, 2.24) is 10.3 Å². The molecule has 1 heterocycles. The third-order valence-corrected chi connectivity index (χ3v) is 3.74. The molecule has 2 N–H and O–H groups in total. The molecule has 0 unspecified atom stereocenters. The third kappa shape index (κ3) is 3.12. The van der Waals surface area contributed by atoms with Gasteiger partial charge in [0.15, 0.2) is 0 Å². The minimum absolute atomic E-state index is 0.157. The molecule has 0 fully saturated rings. The molecule has 112 valence electrons. The van der Waals surface area contributed by atoms with E-state index in [4.69, 9.17) is 11.6 Å². The first-order valence-corrected chi connectivity index (χ1v) is 7.30. The molecule has 0 aliphatic rings. The molecule has 0 bridgehead atoms. The number of halogens is 2. The van der Waals surface area contributed by atoms with Gasteiger partial charge in [-0.15, -0.1) is 0 Å². The van der Waals surface area contributed by atoms with Gasteiger partial charge in [0, 0.05) is 28.7 Å². The summed E-state index contributed by atoms with van der Waals surface area (Å²) in [4.78, 5) is 15.3. The lowest BCUT2D eigenvalue weighted by Crippen LogP contribution is -2.25. The Morgan fingerprint density at radius 2 is 1.95 bits per heavy atom. The maximum Gasteiger partial charge on any atom is 0.253 e.